The standard InChI is InChI=1S/C8H11ClN2O2S/c1-2-5-7(14(11,12)13)4-3-6(9)8(5)10/h3-4H,2,10H2,1H3,(H2,11,12,13). The van der Waals surface area contributed by atoms with Crippen molar-refractivity contribution in [3.8, 4) is 0 Å². The molecule has 14 heavy (non-hydrogen) atoms. The van der Waals surface area contributed by atoms with Crippen LogP contribution in [-0.4, -0.2) is 8.42 Å². The summed E-state index contributed by atoms with van der Waals surface area (Å²) in [5.41, 5.74) is 6.39. The monoisotopic (exact) mass is 234 g/mol. The summed E-state index contributed by atoms with van der Waals surface area (Å²) in [4.78, 5) is 0.0434. The van der Waals surface area contributed by atoms with Gasteiger partial charge in [0.05, 0.1) is 15.6 Å². The molecule has 0 bridgehead atoms. The zero-order valence-electron chi connectivity index (χ0n) is 7.62. The lowest BCUT2D eigenvalue weighted by molar-refractivity contribution is 0.597. The van der Waals surface area contributed by atoms with E-state index in [2.05, 4.69) is 0 Å². The minimum Gasteiger partial charge on any atom is -0.397 e. The molecule has 0 aromatic heterocycles. The second-order valence-electron chi connectivity index (χ2n) is 2.84. The molecule has 1 aromatic rings. The Morgan fingerprint density at radius 2 is 2.00 bits per heavy atom. The molecule has 0 unspecified atom stereocenters. The SMILES string of the molecule is CCc1c(S(N)(=O)=O)ccc(Cl)c1N. The van der Waals surface area contributed by atoms with Gasteiger partial charge in [0.1, 0.15) is 0 Å². The van der Waals surface area contributed by atoms with E-state index in [0.717, 1.165) is 0 Å². The molecule has 0 aliphatic carbocycles. The van der Waals surface area contributed by atoms with Crippen molar-refractivity contribution < 1.29 is 8.42 Å². The number of hydrogen-bond acceptors (Lipinski definition) is 3. The molecule has 4 nitrogen and oxygen atoms in total. The number of anilines is 1. The quantitative estimate of drug-likeness (QED) is 0.753. The van der Waals surface area contributed by atoms with Crippen LogP contribution in [0.2, 0.25) is 5.02 Å². The molecule has 78 valence electrons. The summed E-state index contributed by atoms with van der Waals surface area (Å²) in [6.45, 7) is 1.79. The Bertz CT molecular complexity index is 457. The van der Waals surface area contributed by atoms with Gasteiger partial charge in [-0.25, -0.2) is 13.6 Å². The van der Waals surface area contributed by atoms with Gasteiger partial charge in [0, 0.05) is 0 Å². The molecule has 0 saturated carbocycles. The predicted molar refractivity (Wildman–Crippen MR) is 56.6 cm³/mol. The number of hydrogen-bond donors (Lipinski definition) is 2. The van der Waals surface area contributed by atoms with Crippen LogP contribution in [0.1, 0.15) is 12.5 Å². The van der Waals surface area contributed by atoms with E-state index in [1.165, 1.54) is 12.1 Å². The maximum absolute atomic E-state index is 11.2. The number of benzene rings is 1. The number of halogens is 1. The third-order valence-corrected chi connectivity index (χ3v) is 3.25. The second kappa shape index (κ2) is 3.76. The van der Waals surface area contributed by atoms with E-state index >= 15 is 0 Å². The van der Waals surface area contributed by atoms with Gasteiger partial charge in [0.15, 0.2) is 0 Å². The van der Waals surface area contributed by atoms with Crippen LogP contribution in [0.4, 0.5) is 5.69 Å². The number of rotatable bonds is 2. The van der Waals surface area contributed by atoms with E-state index in [1.54, 1.807) is 6.92 Å². The first kappa shape index (κ1) is 11.3. The Hall–Kier alpha value is -0.780. The molecule has 0 aliphatic heterocycles. The minimum absolute atomic E-state index is 0.0434. The summed E-state index contributed by atoms with van der Waals surface area (Å²) < 4.78 is 22.3. The lowest BCUT2D eigenvalue weighted by atomic mass is 10.1. The first-order chi connectivity index (χ1) is 6.38. The second-order valence-corrected chi connectivity index (χ2v) is 4.77. The average Bonchev–Trinajstić information content (AvgIpc) is 2.07. The normalized spacial score (nSPS) is 11.6. The highest BCUT2D eigenvalue weighted by molar-refractivity contribution is 7.89. The van der Waals surface area contributed by atoms with Gasteiger partial charge >= 0.3 is 0 Å². The van der Waals surface area contributed by atoms with Crippen molar-refractivity contribution in [3.05, 3.63) is 22.7 Å². The zero-order chi connectivity index (χ0) is 10.9. The lowest BCUT2D eigenvalue weighted by Gasteiger charge is -2.09. The highest BCUT2D eigenvalue weighted by Gasteiger charge is 2.16. The van der Waals surface area contributed by atoms with E-state index < -0.39 is 10.0 Å². The molecule has 1 rings (SSSR count). The van der Waals surface area contributed by atoms with Crippen LogP contribution in [0.3, 0.4) is 0 Å². The van der Waals surface area contributed by atoms with Gasteiger partial charge in [-0.05, 0) is 24.1 Å². The van der Waals surface area contributed by atoms with Crippen molar-refractivity contribution in [1.82, 2.24) is 0 Å². The molecule has 0 aliphatic rings. The van der Waals surface area contributed by atoms with Crippen LogP contribution in [0.25, 0.3) is 0 Å². The Morgan fingerprint density at radius 1 is 1.43 bits per heavy atom. The van der Waals surface area contributed by atoms with E-state index in [0.29, 0.717) is 17.0 Å². The van der Waals surface area contributed by atoms with Gasteiger partial charge < -0.3 is 5.73 Å². The van der Waals surface area contributed by atoms with Crippen LogP contribution >= 0.6 is 11.6 Å². The fraction of sp³-hybridized carbons (Fsp3) is 0.250. The molecule has 0 heterocycles. The van der Waals surface area contributed by atoms with Crippen molar-refractivity contribution in [3.63, 3.8) is 0 Å². The van der Waals surface area contributed by atoms with Gasteiger partial charge in [-0.3, -0.25) is 0 Å². The topological polar surface area (TPSA) is 86.2 Å². The summed E-state index contributed by atoms with van der Waals surface area (Å²) >= 11 is 5.75. The van der Waals surface area contributed by atoms with Crippen LogP contribution < -0.4 is 10.9 Å². The Morgan fingerprint density at radius 3 is 2.43 bits per heavy atom. The molecular formula is C8H11ClN2O2S. The molecule has 6 heteroatoms. The maximum Gasteiger partial charge on any atom is 0.238 e. The van der Waals surface area contributed by atoms with Crippen molar-refractivity contribution in [2.45, 2.75) is 18.2 Å². The summed E-state index contributed by atoms with van der Waals surface area (Å²) in [5.74, 6) is 0. The molecule has 0 atom stereocenters. The number of sulfonamides is 1. The van der Waals surface area contributed by atoms with Crippen molar-refractivity contribution in [1.29, 1.82) is 0 Å². The molecular weight excluding hydrogens is 224 g/mol. The summed E-state index contributed by atoms with van der Waals surface area (Å²) in [6, 6.07) is 2.79. The van der Waals surface area contributed by atoms with Crippen LogP contribution in [0.5, 0.6) is 0 Å². The molecule has 0 radical (unpaired) electrons. The van der Waals surface area contributed by atoms with E-state index in [1.807, 2.05) is 0 Å². The van der Waals surface area contributed by atoms with Gasteiger partial charge in [0.25, 0.3) is 0 Å². The van der Waals surface area contributed by atoms with E-state index in [9.17, 15) is 8.42 Å². The smallest absolute Gasteiger partial charge is 0.238 e. The minimum atomic E-state index is -3.72. The first-order valence-corrected chi connectivity index (χ1v) is 5.90. The third kappa shape index (κ3) is 2.00. The number of primary sulfonamides is 1. The Balaban J connectivity index is 3.55. The number of nitrogens with two attached hydrogens (primary N) is 2. The fourth-order valence-corrected chi connectivity index (χ4v) is 2.28. The van der Waals surface area contributed by atoms with E-state index in [4.69, 9.17) is 22.5 Å². The van der Waals surface area contributed by atoms with Crippen LogP contribution in [0.15, 0.2) is 17.0 Å². The summed E-state index contributed by atoms with van der Waals surface area (Å²) in [6.07, 6.45) is 0.470. The zero-order valence-corrected chi connectivity index (χ0v) is 9.19. The first-order valence-electron chi connectivity index (χ1n) is 3.97. The molecule has 0 amide bonds. The Labute approximate surface area is 87.9 Å². The number of nitrogen functional groups attached to an aromatic ring is 1. The van der Waals surface area contributed by atoms with Gasteiger partial charge in [-0.2, -0.15) is 0 Å². The lowest BCUT2D eigenvalue weighted by Crippen LogP contribution is -2.15. The van der Waals surface area contributed by atoms with Crippen LogP contribution in [-0.2, 0) is 16.4 Å². The molecule has 0 fully saturated rings. The summed E-state index contributed by atoms with van der Waals surface area (Å²) in [5, 5.41) is 5.37. The molecule has 0 spiro atoms. The summed E-state index contributed by atoms with van der Waals surface area (Å²) in [7, 11) is -3.72. The molecule has 1 aromatic carbocycles. The van der Waals surface area contributed by atoms with E-state index in [-0.39, 0.29) is 10.6 Å². The molecule has 0 saturated heterocycles. The molecule has 4 N–H and O–H groups in total. The average molecular weight is 235 g/mol. The van der Waals surface area contributed by atoms with Crippen molar-refractivity contribution >= 4 is 27.3 Å². The van der Waals surface area contributed by atoms with Crippen molar-refractivity contribution in [2.24, 2.45) is 5.14 Å². The predicted octanol–water partition coefficient (Wildman–Crippen LogP) is 1.13. The van der Waals surface area contributed by atoms with Gasteiger partial charge in [-0.15, -0.1) is 0 Å². The Kier molecular flexibility index (Phi) is 3.04. The third-order valence-electron chi connectivity index (χ3n) is 1.92. The van der Waals surface area contributed by atoms with Gasteiger partial charge in [0.2, 0.25) is 10.0 Å². The van der Waals surface area contributed by atoms with Crippen molar-refractivity contribution in [2.75, 3.05) is 5.73 Å². The van der Waals surface area contributed by atoms with Gasteiger partial charge in [-0.1, -0.05) is 18.5 Å². The fourth-order valence-electron chi connectivity index (χ4n) is 1.25. The highest BCUT2D eigenvalue weighted by atomic mass is 35.5. The van der Waals surface area contributed by atoms with Crippen LogP contribution in [0, 0.1) is 0 Å². The largest absolute Gasteiger partial charge is 0.397 e. The maximum atomic E-state index is 11.2. The highest BCUT2D eigenvalue weighted by Crippen LogP contribution is 2.28.